The normalized spacial score (nSPS) is 25.6. The summed E-state index contributed by atoms with van der Waals surface area (Å²) in [6.45, 7) is 2.47. The molecule has 26 heavy (non-hydrogen) atoms. The predicted molar refractivity (Wildman–Crippen MR) is 96.8 cm³/mol. The van der Waals surface area contributed by atoms with E-state index in [1.807, 2.05) is 0 Å². The van der Waals surface area contributed by atoms with E-state index < -0.39 is 24.2 Å². The lowest BCUT2D eigenvalue weighted by Gasteiger charge is -2.34. The van der Waals surface area contributed by atoms with Crippen molar-refractivity contribution in [1.82, 2.24) is 20.9 Å². The standard InChI is InChI=1S/C15H22ClN7O3/c16-8-3-20-14(21-4-8)12(13(17)23-25)15(24)22-10-7-18-2-1-11(10)26-9-5-19-6-9/h1-2,7-9,12-14,19-21H,3-6,17H2,(H,22,24). The number of nitroso groups, excluding NO2 is 1. The van der Waals surface area contributed by atoms with E-state index in [-0.39, 0.29) is 11.5 Å². The van der Waals surface area contributed by atoms with Crippen LogP contribution in [0.4, 0.5) is 5.69 Å². The van der Waals surface area contributed by atoms with Gasteiger partial charge >= 0.3 is 0 Å². The summed E-state index contributed by atoms with van der Waals surface area (Å²) in [6, 6.07) is 1.68. The topological polar surface area (TPSA) is 143 Å². The van der Waals surface area contributed by atoms with E-state index in [1.165, 1.54) is 6.20 Å². The molecule has 2 unspecified atom stereocenters. The largest absolute Gasteiger partial charge is 0.485 e. The lowest BCUT2D eigenvalue weighted by molar-refractivity contribution is -0.121. The molecule has 2 aliphatic rings. The minimum Gasteiger partial charge on any atom is -0.485 e. The summed E-state index contributed by atoms with van der Waals surface area (Å²) in [5, 5.41) is 14.7. The van der Waals surface area contributed by atoms with E-state index >= 15 is 0 Å². The van der Waals surface area contributed by atoms with Gasteiger partial charge in [0.2, 0.25) is 5.91 Å². The number of nitrogens with one attached hydrogen (secondary N) is 4. The predicted octanol–water partition coefficient (Wildman–Crippen LogP) is -0.836. The summed E-state index contributed by atoms with van der Waals surface area (Å²) in [5.74, 6) is -0.869. The molecule has 142 valence electrons. The van der Waals surface area contributed by atoms with E-state index in [1.54, 1.807) is 12.3 Å². The molecule has 2 saturated heterocycles. The average molecular weight is 384 g/mol. The molecule has 0 aliphatic carbocycles. The Morgan fingerprint density at radius 2 is 2.12 bits per heavy atom. The van der Waals surface area contributed by atoms with Crippen LogP contribution in [0.15, 0.2) is 23.6 Å². The van der Waals surface area contributed by atoms with Crippen LogP contribution in [0.3, 0.4) is 0 Å². The van der Waals surface area contributed by atoms with Gasteiger partial charge in [0.25, 0.3) is 0 Å². The number of hydrogen-bond acceptors (Lipinski definition) is 9. The van der Waals surface area contributed by atoms with Crippen LogP contribution in [0.25, 0.3) is 0 Å². The molecule has 2 aliphatic heterocycles. The Balaban J connectivity index is 1.72. The maximum absolute atomic E-state index is 12.8. The molecule has 3 rings (SSSR count). The van der Waals surface area contributed by atoms with Gasteiger partial charge in [0.05, 0.1) is 17.7 Å². The van der Waals surface area contributed by atoms with Crippen LogP contribution in [0.2, 0.25) is 0 Å². The lowest BCUT2D eigenvalue weighted by Crippen LogP contribution is -2.62. The van der Waals surface area contributed by atoms with Crippen molar-refractivity contribution in [1.29, 1.82) is 0 Å². The van der Waals surface area contributed by atoms with Crippen molar-refractivity contribution in [3.05, 3.63) is 23.4 Å². The van der Waals surface area contributed by atoms with Crippen LogP contribution >= 0.6 is 11.6 Å². The Bertz CT molecular complexity index is 637. The van der Waals surface area contributed by atoms with Gasteiger partial charge in [0.1, 0.15) is 23.5 Å². The molecule has 1 amide bonds. The first kappa shape index (κ1) is 18.9. The van der Waals surface area contributed by atoms with Crippen molar-refractivity contribution in [2.24, 2.45) is 16.8 Å². The van der Waals surface area contributed by atoms with E-state index in [9.17, 15) is 9.70 Å². The molecule has 0 bridgehead atoms. The molecule has 10 nitrogen and oxygen atoms in total. The van der Waals surface area contributed by atoms with Gasteiger partial charge in [-0.05, 0) is 0 Å². The molecular weight excluding hydrogens is 362 g/mol. The summed E-state index contributed by atoms with van der Waals surface area (Å²) in [5.41, 5.74) is 6.19. The number of halogens is 1. The molecule has 2 fully saturated rings. The SMILES string of the molecule is NC(N=O)C(C(=O)Nc1cnccc1OC1CNC1)C1NCC(Cl)CN1. The zero-order valence-corrected chi connectivity index (χ0v) is 14.8. The fourth-order valence-electron chi connectivity index (χ4n) is 2.80. The minimum atomic E-state index is -1.22. The number of amides is 1. The first-order valence-electron chi connectivity index (χ1n) is 8.39. The monoisotopic (exact) mass is 383 g/mol. The summed E-state index contributed by atoms with van der Waals surface area (Å²) < 4.78 is 5.83. The molecule has 11 heteroatoms. The zero-order chi connectivity index (χ0) is 18.5. The van der Waals surface area contributed by atoms with Crippen molar-refractivity contribution < 1.29 is 9.53 Å². The molecule has 1 aromatic heterocycles. The number of anilines is 1. The van der Waals surface area contributed by atoms with E-state index in [0.717, 1.165) is 13.1 Å². The van der Waals surface area contributed by atoms with Gasteiger partial charge in [-0.15, -0.1) is 16.5 Å². The fourth-order valence-corrected chi connectivity index (χ4v) is 2.97. The Kier molecular flexibility index (Phi) is 6.33. The number of rotatable bonds is 7. The molecule has 0 aromatic carbocycles. The fraction of sp³-hybridized carbons (Fsp3) is 0.600. The third-order valence-corrected chi connectivity index (χ3v) is 4.66. The minimum absolute atomic E-state index is 0.0464. The summed E-state index contributed by atoms with van der Waals surface area (Å²) in [6.07, 6.45) is 1.38. The number of carbonyl (C=O) groups is 1. The van der Waals surface area contributed by atoms with Gasteiger partial charge in [-0.3, -0.25) is 20.4 Å². The number of pyridine rings is 1. The summed E-state index contributed by atoms with van der Waals surface area (Å²) >= 11 is 6.03. The quantitative estimate of drug-likeness (QED) is 0.303. The number of carbonyl (C=O) groups excluding carboxylic acids is 1. The summed E-state index contributed by atoms with van der Waals surface area (Å²) in [7, 11) is 0. The second-order valence-electron chi connectivity index (χ2n) is 6.27. The molecule has 0 spiro atoms. The second kappa shape index (κ2) is 8.69. The van der Waals surface area contributed by atoms with Crippen LogP contribution in [-0.2, 0) is 4.79 Å². The second-order valence-corrected chi connectivity index (χ2v) is 6.89. The number of ether oxygens (including phenoxy) is 1. The molecular formula is C15H22ClN7O3. The molecule has 0 radical (unpaired) electrons. The van der Waals surface area contributed by atoms with Crippen LogP contribution in [0.1, 0.15) is 0 Å². The first-order chi connectivity index (χ1) is 12.6. The third-order valence-electron chi connectivity index (χ3n) is 4.35. The van der Waals surface area contributed by atoms with Crippen molar-refractivity contribution in [2.75, 3.05) is 31.5 Å². The van der Waals surface area contributed by atoms with Crippen molar-refractivity contribution >= 4 is 23.2 Å². The average Bonchev–Trinajstić information content (AvgIpc) is 2.61. The first-order valence-corrected chi connectivity index (χ1v) is 8.83. The van der Waals surface area contributed by atoms with Crippen LogP contribution < -0.4 is 31.7 Å². The van der Waals surface area contributed by atoms with Crippen LogP contribution in [0.5, 0.6) is 5.75 Å². The van der Waals surface area contributed by atoms with Crippen LogP contribution in [-0.4, -0.2) is 60.9 Å². The van der Waals surface area contributed by atoms with Gasteiger partial charge in [0, 0.05) is 38.4 Å². The van der Waals surface area contributed by atoms with Crippen molar-refractivity contribution in [2.45, 2.75) is 23.8 Å². The number of alkyl halides is 1. The Morgan fingerprint density at radius 3 is 2.73 bits per heavy atom. The van der Waals surface area contributed by atoms with E-state index in [4.69, 9.17) is 22.1 Å². The highest BCUT2D eigenvalue weighted by Gasteiger charge is 2.37. The molecule has 1 aromatic rings. The van der Waals surface area contributed by atoms with Gasteiger partial charge in [-0.2, -0.15) is 0 Å². The van der Waals surface area contributed by atoms with Crippen molar-refractivity contribution in [3.8, 4) is 5.75 Å². The number of nitrogens with zero attached hydrogens (tertiary/aromatic N) is 2. The van der Waals surface area contributed by atoms with E-state index in [2.05, 4.69) is 31.4 Å². The zero-order valence-electron chi connectivity index (χ0n) is 14.0. The van der Waals surface area contributed by atoms with Gasteiger partial charge in [-0.25, -0.2) is 0 Å². The maximum Gasteiger partial charge on any atom is 0.234 e. The number of aromatic nitrogens is 1. The van der Waals surface area contributed by atoms with Gasteiger partial charge in [-0.1, -0.05) is 5.18 Å². The Labute approximate surface area is 155 Å². The summed E-state index contributed by atoms with van der Waals surface area (Å²) in [4.78, 5) is 27.8. The molecule has 3 heterocycles. The van der Waals surface area contributed by atoms with Crippen molar-refractivity contribution in [3.63, 3.8) is 0 Å². The number of hydrogen-bond donors (Lipinski definition) is 5. The van der Waals surface area contributed by atoms with Crippen LogP contribution in [0, 0.1) is 10.8 Å². The Hall–Kier alpha value is -1.85. The van der Waals surface area contributed by atoms with Gasteiger partial charge in [0.15, 0.2) is 6.17 Å². The molecule has 2 atom stereocenters. The third kappa shape index (κ3) is 4.46. The highest BCUT2D eigenvalue weighted by Crippen LogP contribution is 2.26. The molecule has 6 N–H and O–H groups in total. The Morgan fingerprint density at radius 1 is 1.38 bits per heavy atom. The molecule has 0 saturated carbocycles. The highest BCUT2D eigenvalue weighted by atomic mass is 35.5. The highest BCUT2D eigenvalue weighted by molar-refractivity contribution is 6.21. The number of nitrogens with two attached hydrogens (primary N) is 1. The van der Waals surface area contributed by atoms with Gasteiger partial charge < -0.3 is 21.1 Å². The van der Waals surface area contributed by atoms with E-state index in [0.29, 0.717) is 24.5 Å². The smallest absolute Gasteiger partial charge is 0.234 e. The lowest BCUT2D eigenvalue weighted by atomic mass is 9.99. The maximum atomic E-state index is 12.8.